The summed E-state index contributed by atoms with van der Waals surface area (Å²) in [5.74, 6) is 1.73. The van der Waals surface area contributed by atoms with Gasteiger partial charge in [-0.2, -0.15) is 0 Å². The van der Waals surface area contributed by atoms with Crippen LogP contribution in [-0.2, 0) is 0 Å². The first-order valence-electron chi connectivity index (χ1n) is 5.94. The molecule has 0 radical (unpaired) electrons. The average molecular weight is 220 g/mol. The highest BCUT2D eigenvalue weighted by Crippen LogP contribution is 2.31. The summed E-state index contributed by atoms with van der Waals surface area (Å²) in [6, 6.07) is 1.99. The smallest absolute Gasteiger partial charge is 0.130 e. The number of aromatic nitrogens is 2. The van der Waals surface area contributed by atoms with Gasteiger partial charge in [0, 0.05) is 18.3 Å². The Hall–Kier alpha value is -1.16. The largest absolute Gasteiger partial charge is 0.363 e. The van der Waals surface area contributed by atoms with Crippen LogP contribution < -0.4 is 11.1 Å². The van der Waals surface area contributed by atoms with E-state index in [0.717, 1.165) is 30.2 Å². The van der Waals surface area contributed by atoms with Crippen LogP contribution in [0.15, 0.2) is 6.07 Å². The fourth-order valence-corrected chi connectivity index (χ4v) is 2.48. The molecule has 88 valence electrons. The average Bonchev–Trinajstić information content (AvgIpc) is 2.65. The van der Waals surface area contributed by atoms with Crippen LogP contribution in [0.3, 0.4) is 0 Å². The molecule has 1 aromatic heterocycles. The van der Waals surface area contributed by atoms with Crippen LogP contribution in [0.25, 0.3) is 0 Å². The van der Waals surface area contributed by atoms with E-state index in [1.165, 1.54) is 12.8 Å². The Morgan fingerprint density at radius 3 is 2.56 bits per heavy atom. The standard InChI is InChI=1S/C12H20N4/c1-9-7-11(15-10(2)14-9)16-12(8-13)5-3-4-6-12/h7H,3-6,8,13H2,1-2H3,(H,14,15,16). The molecule has 0 aliphatic heterocycles. The van der Waals surface area contributed by atoms with E-state index in [9.17, 15) is 0 Å². The predicted molar refractivity (Wildman–Crippen MR) is 65.4 cm³/mol. The third-order valence-electron chi connectivity index (χ3n) is 3.31. The molecule has 0 amide bonds. The molecule has 16 heavy (non-hydrogen) atoms. The van der Waals surface area contributed by atoms with Gasteiger partial charge in [0.05, 0.1) is 5.54 Å². The monoisotopic (exact) mass is 220 g/mol. The molecule has 3 N–H and O–H groups in total. The molecule has 2 rings (SSSR count). The lowest BCUT2D eigenvalue weighted by atomic mass is 9.98. The van der Waals surface area contributed by atoms with E-state index in [4.69, 9.17) is 5.73 Å². The predicted octanol–water partition coefficient (Wildman–Crippen LogP) is 1.78. The molecule has 0 saturated heterocycles. The Morgan fingerprint density at radius 1 is 1.31 bits per heavy atom. The molecule has 1 aromatic rings. The van der Waals surface area contributed by atoms with E-state index in [-0.39, 0.29) is 5.54 Å². The van der Waals surface area contributed by atoms with E-state index in [1.807, 2.05) is 19.9 Å². The van der Waals surface area contributed by atoms with Gasteiger partial charge in [0.2, 0.25) is 0 Å². The van der Waals surface area contributed by atoms with Crippen molar-refractivity contribution >= 4 is 5.82 Å². The SMILES string of the molecule is Cc1cc(NC2(CN)CCCC2)nc(C)n1. The van der Waals surface area contributed by atoms with Crippen molar-refractivity contribution < 1.29 is 0 Å². The minimum Gasteiger partial charge on any atom is -0.363 e. The highest BCUT2D eigenvalue weighted by molar-refractivity contribution is 5.39. The molecule has 0 atom stereocenters. The van der Waals surface area contributed by atoms with Crippen molar-refractivity contribution in [3.8, 4) is 0 Å². The number of nitrogens with two attached hydrogens (primary N) is 1. The van der Waals surface area contributed by atoms with Crippen molar-refractivity contribution in [2.75, 3.05) is 11.9 Å². The van der Waals surface area contributed by atoms with E-state index in [0.29, 0.717) is 6.54 Å². The summed E-state index contributed by atoms with van der Waals surface area (Å²) in [7, 11) is 0. The minimum atomic E-state index is 0.0627. The number of nitrogens with one attached hydrogen (secondary N) is 1. The highest BCUT2D eigenvalue weighted by atomic mass is 15.1. The van der Waals surface area contributed by atoms with Gasteiger partial charge in [0.15, 0.2) is 0 Å². The Kier molecular flexibility index (Phi) is 3.10. The molecule has 0 unspecified atom stereocenters. The summed E-state index contributed by atoms with van der Waals surface area (Å²) in [5.41, 5.74) is 6.95. The van der Waals surface area contributed by atoms with E-state index in [2.05, 4.69) is 15.3 Å². The normalized spacial score (nSPS) is 18.7. The van der Waals surface area contributed by atoms with Crippen LogP contribution in [0, 0.1) is 13.8 Å². The second kappa shape index (κ2) is 4.37. The zero-order chi connectivity index (χ0) is 11.6. The molecule has 0 aromatic carbocycles. The summed E-state index contributed by atoms with van der Waals surface area (Å²) in [6.07, 6.45) is 4.80. The molecule has 1 heterocycles. The summed E-state index contributed by atoms with van der Waals surface area (Å²) in [5, 5.41) is 3.51. The van der Waals surface area contributed by atoms with Gasteiger partial charge in [-0.05, 0) is 26.7 Å². The molecular weight excluding hydrogens is 200 g/mol. The number of nitrogens with zero attached hydrogens (tertiary/aromatic N) is 2. The molecule has 1 fully saturated rings. The first-order chi connectivity index (χ1) is 7.63. The highest BCUT2D eigenvalue weighted by Gasteiger charge is 2.32. The molecular formula is C12H20N4. The Morgan fingerprint density at radius 2 is 2.00 bits per heavy atom. The zero-order valence-electron chi connectivity index (χ0n) is 10.1. The summed E-state index contributed by atoms with van der Waals surface area (Å²) < 4.78 is 0. The van der Waals surface area contributed by atoms with Crippen LogP contribution >= 0.6 is 0 Å². The lowest BCUT2D eigenvalue weighted by molar-refractivity contribution is 0.491. The maximum absolute atomic E-state index is 5.89. The van der Waals surface area contributed by atoms with Crippen LogP contribution in [0.4, 0.5) is 5.82 Å². The summed E-state index contributed by atoms with van der Waals surface area (Å²) in [4.78, 5) is 8.69. The lowest BCUT2D eigenvalue weighted by Gasteiger charge is -2.29. The molecule has 4 nitrogen and oxygen atoms in total. The van der Waals surface area contributed by atoms with Crippen LogP contribution in [0.1, 0.15) is 37.2 Å². The minimum absolute atomic E-state index is 0.0627. The fraction of sp³-hybridized carbons (Fsp3) is 0.667. The molecule has 0 bridgehead atoms. The Bertz CT molecular complexity index is 349. The number of hydrogen-bond acceptors (Lipinski definition) is 4. The number of hydrogen-bond donors (Lipinski definition) is 2. The van der Waals surface area contributed by atoms with Gasteiger partial charge < -0.3 is 11.1 Å². The first-order valence-corrected chi connectivity index (χ1v) is 5.94. The van der Waals surface area contributed by atoms with Gasteiger partial charge in [0.1, 0.15) is 11.6 Å². The van der Waals surface area contributed by atoms with Crippen molar-refractivity contribution in [3.05, 3.63) is 17.6 Å². The third kappa shape index (κ3) is 2.32. The number of rotatable bonds is 3. The first kappa shape index (κ1) is 11.3. The third-order valence-corrected chi connectivity index (χ3v) is 3.31. The van der Waals surface area contributed by atoms with Crippen molar-refractivity contribution in [2.24, 2.45) is 5.73 Å². The second-order valence-corrected chi connectivity index (χ2v) is 4.76. The molecule has 4 heteroatoms. The number of aryl methyl sites for hydroxylation is 2. The maximum atomic E-state index is 5.89. The Labute approximate surface area is 96.7 Å². The summed E-state index contributed by atoms with van der Waals surface area (Å²) in [6.45, 7) is 4.58. The van der Waals surface area contributed by atoms with Gasteiger partial charge in [-0.1, -0.05) is 12.8 Å². The van der Waals surface area contributed by atoms with Crippen LogP contribution in [-0.4, -0.2) is 22.1 Å². The van der Waals surface area contributed by atoms with Crippen LogP contribution in [0.2, 0.25) is 0 Å². The van der Waals surface area contributed by atoms with Crippen molar-refractivity contribution in [1.82, 2.24) is 9.97 Å². The summed E-state index contributed by atoms with van der Waals surface area (Å²) >= 11 is 0. The van der Waals surface area contributed by atoms with Crippen molar-refractivity contribution in [1.29, 1.82) is 0 Å². The fourth-order valence-electron chi connectivity index (χ4n) is 2.48. The van der Waals surface area contributed by atoms with Gasteiger partial charge in [-0.3, -0.25) is 0 Å². The lowest BCUT2D eigenvalue weighted by Crippen LogP contribution is -2.43. The Balaban J connectivity index is 2.18. The zero-order valence-corrected chi connectivity index (χ0v) is 10.1. The van der Waals surface area contributed by atoms with E-state index >= 15 is 0 Å². The van der Waals surface area contributed by atoms with Crippen LogP contribution in [0.5, 0.6) is 0 Å². The topological polar surface area (TPSA) is 63.8 Å². The van der Waals surface area contributed by atoms with Gasteiger partial charge in [-0.25, -0.2) is 9.97 Å². The van der Waals surface area contributed by atoms with Crippen molar-refractivity contribution in [3.63, 3.8) is 0 Å². The van der Waals surface area contributed by atoms with Crippen molar-refractivity contribution in [2.45, 2.75) is 45.1 Å². The molecule has 1 aliphatic rings. The molecule has 1 saturated carbocycles. The van der Waals surface area contributed by atoms with E-state index in [1.54, 1.807) is 0 Å². The van der Waals surface area contributed by atoms with Gasteiger partial charge in [-0.15, -0.1) is 0 Å². The molecule has 1 aliphatic carbocycles. The maximum Gasteiger partial charge on any atom is 0.130 e. The molecule has 0 spiro atoms. The quantitative estimate of drug-likeness (QED) is 0.815. The number of anilines is 1. The van der Waals surface area contributed by atoms with E-state index < -0.39 is 0 Å². The second-order valence-electron chi connectivity index (χ2n) is 4.76. The van der Waals surface area contributed by atoms with Gasteiger partial charge in [0.25, 0.3) is 0 Å². The van der Waals surface area contributed by atoms with Gasteiger partial charge >= 0.3 is 0 Å².